The third-order valence-electron chi connectivity index (χ3n) is 2.76. The van der Waals surface area contributed by atoms with Crippen LogP contribution in [-0.2, 0) is 0 Å². The second-order valence-corrected chi connectivity index (χ2v) is 5.68. The summed E-state index contributed by atoms with van der Waals surface area (Å²) in [7, 11) is 0. The van der Waals surface area contributed by atoms with Crippen LogP contribution in [0.5, 0.6) is 5.75 Å². The first-order valence-corrected chi connectivity index (χ1v) is 7.07. The minimum absolute atomic E-state index is 0.0693. The van der Waals surface area contributed by atoms with E-state index in [1.54, 1.807) is 12.1 Å². The average molecular weight is 272 g/mol. The lowest BCUT2D eigenvalue weighted by atomic mass is 10.1. The number of phenols is 1. The lowest BCUT2D eigenvalue weighted by Crippen LogP contribution is -2.37. The smallest absolute Gasteiger partial charge is 0.255 e. The fourth-order valence-electron chi connectivity index (χ4n) is 1.80. The molecule has 1 aromatic carbocycles. The highest BCUT2D eigenvalue weighted by Gasteiger charge is 2.18. The zero-order valence-electron chi connectivity index (χ0n) is 9.28. The van der Waals surface area contributed by atoms with E-state index in [1.165, 1.54) is 6.07 Å². The summed E-state index contributed by atoms with van der Waals surface area (Å²) in [6.45, 7) is 0. The number of benzene rings is 1. The summed E-state index contributed by atoms with van der Waals surface area (Å²) in [6, 6.07) is 4.75. The van der Waals surface area contributed by atoms with E-state index in [0.29, 0.717) is 5.02 Å². The van der Waals surface area contributed by atoms with Gasteiger partial charge in [0.2, 0.25) is 0 Å². The van der Waals surface area contributed by atoms with Crippen LogP contribution in [0.25, 0.3) is 0 Å². The molecule has 2 rings (SSSR count). The summed E-state index contributed by atoms with van der Waals surface area (Å²) >= 11 is 7.63. The van der Waals surface area contributed by atoms with Gasteiger partial charge in [-0.3, -0.25) is 4.79 Å². The number of rotatable bonds is 2. The Labute approximate surface area is 110 Å². The van der Waals surface area contributed by atoms with Gasteiger partial charge in [0.05, 0.1) is 5.56 Å². The van der Waals surface area contributed by atoms with Crippen molar-refractivity contribution >= 4 is 29.3 Å². The largest absolute Gasteiger partial charge is 0.507 e. The summed E-state index contributed by atoms with van der Waals surface area (Å²) < 4.78 is 0. The number of nitrogens with one attached hydrogen (secondary N) is 1. The van der Waals surface area contributed by atoms with Crippen molar-refractivity contribution in [1.82, 2.24) is 5.32 Å². The molecule has 0 radical (unpaired) electrons. The van der Waals surface area contributed by atoms with E-state index in [1.807, 2.05) is 11.8 Å². The zero-order valence-corrected chi connectivity index (χ0v) is 10.9. The number of hydrogen-bond acceptors (Lipinski definition) is 3. The summed E-state index contributed by atoms with van der Waals surface area (Å²) in [4.78, 5) is 11.9. The van der Waals surface area contributed by atoms with Gasteiger partial charge in [-0.25, -0.2) is 0 Å². The molecule has 1 aromatic rings. The van der Waals surface area contributed by atoms with Crippen molar-refractivity contribution in [1.29, 1.82) is 0 Å². The minimum Gasteiger partial charge on any atom is -0.507 e. The standard InChI is InChI=1S/C12H14ClNO2S/c13-8-1-2-10(11(15)7-8)12(16)14-9-3-5-17-6-4-9/h1-2,7,9,15H,3-6H2,(H,14,16). The Morgan fingerprint density at radius 1 is 1.41 bits per heavy atom. The van der Waals surface area contributed by atoms with Crippen LogP contribution in [0, 0.1) is 0 Å². The molecule has 0 atom stereocenters. The number of carbonyl (C=O) groups excluding carboxylic acids is 1. The molecule has 2 N–H and O–H groups in total. The molecule has 1 saturated heterocycles. The molecular formula is C12H14ClNO2S. The molecule has 0 bridgehead atoms. The van der Waals surface area contributed by atoms with Crippen LogP contribution in [0.2, 0.25) is 5.02 Å². The first kappa shape index (κ1) is 12.6. The van der Waals surface area contributed by atoms with Crippen LogP contribution < -0.4 is 5.32 Å². The fourth-order valence-corrected chi connectivity index (χ4v) is 3.07. The van der Waals surface area contributed by atoms with Crippen LogP contribution >= 0.6 is 23.4 Å². The highest BCUT2D eigenvalue weighted by Crippen LogP contribution is 2.23. The molecule has 0 spiro atoms. The van der Waals surface area contributed by atoms with Gasteiger partial charge in [-0.15, -0.1) is 0 Å². The van der Waals surface area contributed by atoms with Crippen LogP contribution in [0.3, 0.4) is 0 Å². The Bertz CT molecular complexity index is 419. The molecule has 3 nitrogen and oxygen atoms in total. The second-order valence-electron chi connectivity index (χ2n) is 4.02. The van der Waals surface area contributed by atoms with Gasteiger partial charge in [-0.05, 0) is 42.5 Å². The van der Waals surface area contributed by atoms with Crippen molar-refractivity contribution < 1.29 is 9.90 Å². The number of phenolic OH excluding ortho intramolecular Hbond substituents is 1. The van der Waals surface area contributed by atoms with Gasteiger partial charge >= 0.3 is 0 Å². The molecule has 17 heavy (non-hydrogen) atoms. The predicted octanol–water partition coefficient (Wildman–Crippen LogP) is 2.67. The Hall–Kier alpha value is -0.870. The Morgan fingerprint density at radius 3 is 2.76 bits per heavy atom. The van der Waals surface area contributed by atoms with E-state index in [0.717, 1.165) is 24.3 Å². The van der Waals surface area contributed by atoms with E-state index >= 15 is 0 Å². The zero-order chi connectivity index (χ0) is 12.3. The van der Waals surface area contributed by atoms with E-state index in [9.17, 15) is 9.90 Å². The van der Waals surface area contributed by atoms with Gasteiger partial charge in [-0.1, -0.05) is 11.6 Å². The topological polar surface area (TPSA) is 49.3 Å². The molecule has 5 heteroatoms. The number of halogens is 1. The summed E-state index contributed by atoms with van der Waals surface area (Å²) in [5.74, 6) is 1.87. The molecule has 92 valence electrons. The molecule has 0 aromatic heterocycles. The Balaban J connectivity index is 2.03. The van der Waals surface area contributed by atoms with Gasteiger partial charge in [0.1, 0.15) is 5.75 Å². The van der Waals surface area contributed by atoms with Crippen molar-refractivity contribution in [3.8, 4) is 5.75 Å². The number of amides is 1. The van der Waals surface area contributed by atoms with E-state index < -0.39 is 0 Å². The highest BCUT2D eigenvalue weighted by molar-refractivity contribution is 7.99. The fraction of sp³-hybridized carbons (Fsp3) is 0.417. The maximum Gasteiger partial charge on any atom is 0.255 e. The Morgan fingerprint density at radius 2 is 2.12 bits per heavy atom. The van der Waals surface area contributed by atoms with Crippen molar-refractivity contribution in [2.75, 3.05) is 11.5 Å². The number of thioether (sulfide) groups is 1. The molecular weight excluding hydrogens is 258 g/mol. The highest BCUT2D eigenvalue weighted by atomic mass is 35.5. The predicted molar refractivity (Wildman–Crippen MR) is 70.9 cm³/mol. The lowest BCUT2D eigenvalue weighted by molar-refractivity contribution is 0.0932. The number of hydrogen-bond donors (Lipinski definition) is 2. The summed E-state index contributed by atoms with van der Waals surface area (Å²) in [5.41, 5.74) is 0.285. The molecule has 0 aliphatic carbocycles. The molecule has 1 fully saturated rings. The third-order valence-corrected chi connectivity index (χ3v) is 4.04. The summed E-state index contributed by atoms with van der Waals surface area (Å²) in [6.07, 6.45) is 1.98. The Kier molecular flexibility index (Phi) is 4.18. The SMILES string of the molecule is O=C(NC1CCSCC1)c1ccc(Cl)cc1O. The van der Waals surface area contributed by atoms with E-state index in [4.69, 9.17) is 11.6 Å². The first-order chi connectivity index (χ1) is 8.16. The lowest BCUT2D eigenvalue weighted by Gasteiger charge is -2.22. The van der Waals surface area contributed by atoms with Gasteiger partial charge in [-0.2, -0.15) is 11.8 Å². The van der Waals surface area contributed by atoms with Crippen LogP contribution in [0.1, 0.15) is 23.2 Å². The number of aromatic hydroxyl groups is 1. The van der Waals surface area contributed by atoms with Crippen molar-refractivity contribution in [3.63, 3.8) is 0 Å². The maximum atomic E-state index is 11.9. The van der Waals surface area contributed by atoms with Crippen molar-refractivity contribution in [2.24, 2.45) is 0 Å². The summed E-state index contributed by atoms with van der Waals surface area (Å²) in [5, 5.41) is 13.0. The maximum absolute atomic E-state index is 11.9. The molecule has 1 aliphatic rings. The first-order valence-electron chi connectivity index (χ1n) is 5.54. The van der Waals surface area contributed by atoms with Crippen LogP contribution in [-0.4, -0.2) is 28.6 Å². The molecule has 1 aliphatic heterocycles. The minimum atomic E-state index is -0.226. The van der Waals surface area contributed by atoms with Gasteiger partial charge < -0.3 is 10.4 Å². The van der Waals surface area contributed by atoms with Gasteiger partial charge in [0, 0.05) is 11.1 Å². The molecule has 0 unspecified atom stereocenters. The van der Waals surface area contributed by atoms with Crippen LogP contribution in [0.15, 0.2) is 18.2 Å². The van der Waals surface area contributed by atoms with Crippen molar-refractivity contribution in [2.45, 2.75) is 18.9 Å². The normalized spacial score (nSPS) is 16.8. The van der Waals surface area contributed by atoms with Gasteiger partial charge in [0.25, 0.3) is 5.91 Å². The number of carbonyl (C=O) groups is 1. The van der Waals surface area contributed by atoms with E-state index in [-0.39, 0.29) is 23.3 Å². The van der Waals surface area contributed by atoms with Gasteiger partial charge in [0.15, 0.2) is 0 Å². The molecule has 0 saturated carbocycles. The monoisotopic (exact) mass is 271 g/mol. The second kappa shape index (κ2) is 5.65. The third kappa shape index (κ3) is 3.30. The van der Waals surface area contributed by atoms with E-state index in [2.05, 4.69) is 5.32 Å². The van der Waals surface area contributed by atoms with Crippen LogP contribution in [0.4, 0.5) is 0 Å². The molecule has 1 heterocycles. The average Bonchev–Trinajstić information content (AvgIpc) is 2.30. The van der Waals surface area contributed by atoms with Crippen molar-refractivity contribution in [3.05, 3.63) is 28.8 Å². The quantitative estimate of drug-likeness (QED) is 0.869. The molecule has 1 amide bonds.